The molecule has 0 aromatic heterocycles. The van der Waals surface area contributed by atoms with Gasteiger partial charge < -0.3 is 75.8 Å². The molecule has 8 aliphatic heterocycles. The third-order valence-electron chi connectivity index (χ3n) is 20.3. The molecular formula is C82H78O16. The van der Waals surface area contributed by atoms with Crippen molar-refractivity contribution in [3.05, 3.63) is 222 Å². The molecule has 98 heavy (non-hydrogen) atoms. The van der Waals surface area contributed by atoms with Crippen LogP contribution in [0.1, 0.15) is 192 Å². The smallest absolute Gasteiger partial charge is 0.230 e. The minimum atomic E-state index is -0.320. The Balaban J connectivity index is 1.04. The largest absolute Gasteiger partial charge is 0.489 e. The lowest BCUT2D eigenvalue weighted by molar-refractivity contribution is 0.0895. The molecule has 17 rings (SSSR count). The zero-order chi connectivity index (χ0) is 65.8. The first-order valence-electron chi connectivity index (χ1n) is 34.7. The maximum atomic E-state index is 7.22. The van der Waals surface area contributed by atoms with Crippen LogP contribution in [0, 0.1) is 0 Å². The Kier molecular flexibility index (Phi) is 16.5. The molecule has 0 saturated carbocycles. The molecule has 20 bridgehead atoms. The Hall–Kier alpha value is -10.2. The van der Waals surface area contributed by atoms with Gasteiger partial charge in [0.25, 0.3) is 0 Å². The van der Waals surface area contributed by atoms with E-state index in [1.54, 1.807) is 0 Å². The molecule has 16 heteroatoms. The minimum absolute atomic E-state index is 0.0555. The quantitative estimate of drug-likeness (QED) is 0.142. The monoisotopic (exact) mass is 1320 g/mol. The molecule has 0 spiro atoms. The molecule has 0 amide bonds. The van der Waals surface area contributed by atoms with E-state index >= 15 is 0 Å². The van der Waals surface area contributed by atoms with E-state index in [-0.39, 0.29) is 104 Å². The van der Waals surface area contributed by atoms with Crippen LogP contribution >= 0.6 is 0 Å². The zero-order valence-electron chi connectivity index (χ0n) is 55.7. The van der Waals surface area contributed by atoms with Gasteiger partial charge in [-0.05, 0) is 133 Å². The molecule has 8 aliphatic rings. The van der Waals surface area contributed by atoms with E-state index < -0.39 is 0 Å². The van der Waals surface area contributed by atoms with Gasteiger partial charge in [-0.2, -0.15) is 0 Å². The second-order valence-corrected chi connectivity index (χ2v) is 26.4. The van der Waals surface area contributed by atoms with E-state index in [9.17, 15) is 0 Å². The standard InChI is InChI=1S/C82H78O16/c1-5-13-59-63-31-67-61(15-7-3)69-33-65-60(14-6-2)66-34-70-62(16-8-4)68-32-64(59)76-72-40-88-56-22-10-18-52(28-56)84-36-48-25-47-35-83-51-17-9-21-55(27-51)87-39-71(75(63)91-43-92-76)79(67)95-45-97-81(69)73-41-89-57-23-11-19-53(29-57)85-37-49(47)26-50(48)38-86-54-20-12-24-58(30-54)90-42-74(78(66)94-44-93-77(65)73)82(70)98-46-96-80(68)72/h9-12,17-34,59-62H,5-8,13-16,35-46H2,1-4H3. The van der Waals surface area contributed by atoms with Crippen molar-refractivity contribution in [1.29, 1.82) is 0 Å². The van der Waals surface area contributed by atoms with E-state index in [0.717, 1.165) is 115 Å². The fourth-order valence-corrected chi connectivity index (χ4v) is 15.8. The molecule has 0 aliphatic carbocycles. The van der Waals surface area contributed by atoms with Gasteiger partial charge in [0, 0.05) is 92.4 Å². The van der Waals surface area contributed by atoms with Gasteiger partial charge in [0.1, 0.15) is 145 Å². The summed E-state index contributed by atoms with van der Waals surface area (Å²) in [7, 11) is 0. The molecule has 0 fully saturated rings. The van der Waals surface area contributed by atoms with E-state index in [1.165, 1.54) is 0 Å². The van der Waals surface area contributed by atoms with Crippen molar-refractivity contribution in [1.82, 2.24) is 0 Å². The molecule has 9 aromatic rings. The first-order valence-corrected chi connectivity index (χ1v) is 34.7. The van der Waals surface area contributed by atoms with Crippen LogP contribution in [0.4, 0.5) is 0 Å². The average Bonchev–Trinajstić information content (AvgIpc) is 0.724. The molecule has 0 saturated heterocycles. The van der Waals surface area contributed by atoms with Crippen LogP contribution in [0.3, 0.4) is 0 Å². The van der Waals surface area contributed by atoms with Crippen molar-refractivity contribution in [2.45, 2.75) is 156 Å². The number of benzene rings is 9. The van der Waals surface area contributed by atoms with Crippen LogP contribution in [-0.2, 0) is 52.9 Å². The molecule has 8 heterocycles. The number of hydrogen-bond acceptors (Lipinski definition) is 16. The van der Waals surface area contributed by atoms with Crippen molar-refractivity contribution in [3.8, 4) is 92.0 Å². The maximum absolute atomic E-state index is 7.22. The summed E-state index contributed by atoms with van der Waals surface area (Å²) < 4.78 is 114. The van der Waals surface area contributed by atoms with Gasteiger partial charge in [0.05, 0.1) is 22.3 Å². The first kappa shape index (κ1) is 61.4. The second-order valence-electron chi connectivity index (χ2n) is 26.4. The van der Waals surface area contributed by atoms with Crippen LogP contribution in [0.2, 0.25) is 0 Å². The summed E-state index contributed by atoms with van der Waals surface area (Å²) in [5, 5.41) is 0. The van der Waals surface area contributed by atoms with Gasteiger partial charge in [-0.15, -0.1) is 0 Å². The summed E-state index contributed by atoms with van der Waals surface area (Å²) in [6.07, 6.45) is 6.09. The SMILES string of the molecule is CCCC1c2cc3c4c5c2OCOc2c1cc1c6c2COc2cccc(c2)OCc2cc7c(cc2COc2cccc(c2)OC5)COc2cccc(c2)OCc2c5c(cc(c2OCO4)C3CCC)C(CCC)c2cc(c(c(c2OCO5)COc2cccc(c2)OC7)OCO6)C1CCC. The molecule has 0 unspecified atom stereocenters. The third kappa shape index (κ3) is 11.3. The highest BCUT2D eigenvalue weighted by Gasteiger charge is 2.42. The van der Waals surface area contributed by atoms with Gasteiger partial charge in [0.15, 0.2) is 0 Å². The third-order valence-corrected chi connectivity index (χ3v) is 20.3. The van der Waals surface area contributed by atoms with Crippen molar-refractivity contribution in [2.24, 2.45) is 0 Å². The number of rotatable bonds is 8. The summed E-state index contributed by atoms with van der Waals surface area (Å²) in [5.41, 5.74) is 14.3. The van der Waals surface area contributed by atoms with Gasteiger partial charge in [0.2, 0.25) is 27.2 Å². The van der Waals surface area contributed by atoms with E-state index in [1.807, 2.05) is 97.1 Å². The summed E-state index contributed by atoms with van der Waals surface area (Å²) in [6, 6.07) is 44.9. The lowest BCUT2D eigenvalue weighted by atomic mass is 9.74. The Morgan fingerprint density at radius 3 is 0.592 bits per heavy atom. The van der Waals surface area contributed by atoms with E-state index in [4.69, 9.17) is 75.8 Å². The van der Waals surface area contributed by atoms with Gasteiger partial charge >= 0.3 is 0 Å². The molecule has 0 N–H and O–H groups in total. The van der Waals surface area contributed by atoms with E-state index in [2.05, 4.69) is 64.1 Å². The Morgan fingerprint density at radius 1 is 0.224 bits per heavy atom. The van der Waals surface area contributed by atoms with Crippen molar-refractivity contribution < 1.29 is 75.8 Å². The molecule has 0 atom stereocenters. The van der Waals surface area contributed by atoms with Crippen molar-refractivity contribution in [3.63, 3.8) is 0 Å². The van der Waals surface area contributed by atoms with Gasteiger partial charge in [-0.25, -0.2) is 0 Å². The lowest BCUT2D eigenvalue weighted by Crippen LogP contribution is -2.26. The predicted molar refractivity (Wildman–Crippen MR) is 364 cm³/mol. The van der Waals surface area contributed by atoms with Crippen LogP contribution in [0.25, 0.3) is 0 Å². The highest BCUT2D eigenvalue weighted by molar-refractivity contribution is 5.70. The fourth-order valence-electron chi connectivity index (χ4n) is 15.8. The summed E-state index contributed by atoms with van der Waals surface area (Å²) >= 11 is 0. The number of ether oxygens (including phenoxy) is 16. The van der Waals surface area contributed by atoms with E-state index in [0.29, 0.717) is 118 Å². The van der Waals surface area contributed by atoms with Crippen LogP contribution in [0.5, 0.6) is 92.0 Å². The highest BCUT2D eigenvalue weighted by atomic mass is 16.7. The first-order chi connectivity index (χ1) is 48.4. The van der Waals surface area contributed by atoms with Crippen molar-refractivity contribution >= 4 is 0 Å². The molecular weight excluding hydrogens is 1240 g/mol. The number of hydrogen-bond donors (Lipinski definition) is 0. The Labute approximate surface area is 570 Å². The van der Waals surface area contributed by atoms with Crippen molar-refractivity contribution in [2.75, 3.05) is 27.2 Å². The fraction of sp³-hybridized carbons (Fsp3) is 0.341. The Bertz CT molecular complexity index is 3990. The van der Waals surface area contributed by atoms with Crippen LogP contribution < -0.4 is 75.8 Å². The molecule has 0 radical (unpaired) electrons. The summed E-state index contributed by atoms with van der Waals surface area (Å²) in [6.45, 7) is 9.18. The summed E-state index contributed by atoms with van der Waals surface area (Å²) in [4.78, 5) is 0. The predicted octanol–water partition coefficient (Wildman–Crippen LogP) is 18.2. The zero-order valence-corrected chi connectivity index (χ0v) is 55.7. The summed E-state index contributed by atoms with van der Waals surface area (Å²) in [5.74, 6) is 8.50. The van der Waals surface area contributed by atoms with Gasteiger partial charge in [-0.1, -0.05) is 77.6 Å². The number of fused-ring (bicyclic) bond motifs is 16. The minimum Gasteiger partial charge on any atom is -0.489 e. The average molecular weight is 1320 g/mol. The molecule has 9 aromatic carbocycles. The maximum Gasteiger partial charge on any atom is 0.230 e. The van der Waals surface area contributed by atoms with Crippen LogP contribution in [-0.4, -0.2) is 27.2 Å². The normalized spacial score (nSPS) is 18.7. The topological polar surface area (TPSA) is 148 Å². The van der Waals surface area contributed by atoms with Crippen LogP contribution in [0.15, 0.2) is 133 Å². The lowest BCUT2D eigenvalue weighted by Gasteiger charge is -2.37. The van der Waals surface area contributed by atoms with Gasteiger partial charge in [-0.3, -0.25) is 0 Å². The second kappa shape index (κ2) is 26.3. The Morgan fingerprint density at radius 2 is 0.408 bits per heavy atom. The molecule has 502 valence electrons. The molecule has 16 nitrogen and oxygen atoms in total. The highest BCUT2D eigenvalue weighted by Crippen LogP contribution is 2.59.